The van der Waals surface area contributed by atoms with E-state index < -0.39 is 11.7 Å². The molecule has 0 atom stereocenters. The Labute approximate surface area is 89.0 Å². The van der Waals surface area contributed by atoms with Crippen molar-refractivity contribution >= 4 is 11.7 Å². The fraction of sp³-hybridized carbons (Fsp3) is 0.200. The maximum absolute atomic E-state index is 12.4. The molecule has 1 N–H and O–H groups in total. The predicted octanol–water partition coefficient (Wildman–Crippen LogP) is 1.58. The molecule has 1 heterocycles. The van der Waals surface area contributed by atoms with Crippen molar-refractivity contribution in [1.82, 2.24) is 5.32 Å². The zero-order valence-electron chi connectivity index (χ0n) is 8.01. The molecule has 1 aromatic rings. The number of hydrogen-bond acceptors (Lipinski definition) is 2. The summed E-state index contributed by atoms with van der Waals surface area (Å²) in [5.74, 6) is -0.122. The molecule has 84 valence electrons. The lowest BCUT2D eigenvalue weighted by Crippen LogP contribution is -2.25. The fourth-order valence-corrected chi connectivity index (χ4v) is 1.37. The highest BCUT2D eigenvalue weighted by Gasteiger charge is 2.31. The van der Waals surface area contributed by atoms with E-state index in [9.17, 15) is 18.0 Å². The minimum atomic E-state index is -4.39. The molecule has 0 aromatic heterocycles. The Balaban J connectivity index is 2.33. The molecule has 16 heavy (non-hydrogen) atoms. The van der Waals surface area contributed by atoms with Crippen LogP contribution in [0.2, 0.25) is 0 Å². The minimum absolute atomic E-state index is 0.0361. The quantitative estimate of drug-likeness (QED) is 0.779. The van der Waals surface area contributed by atoms with Gasteiger partial charge in [-0.25, -0.2) is 0 Å². The second kappa shape index (κ2) is 3.62. The first-order chi connectivity index (χ1) is 7.47. The third kappa shape index (κ3) is 2.05. The van der Waals surface area contributed by atoms with Crippen LogP contribution in [-0.4, -0.2) is 18.3 Å². The molecule has 0 fully saturated rings. The van der Waals surface area contributed by atoms with Crippen molar-refractivity contribution in [2.45, 2.75) is 6.18 Å². The zero-order valence-corrected chi connectivity index (χ0v) is 8.01. The lowest BCUT2D eigenvalue weighted by Gasteiger charge is -2.08. The van der Waals surface area contributed by atoms with Crippen molar-refractivity contribution in [3.05, 3.63) is 35.4 Å². The number of carbonyl (C=O) groups excluding carboxylic acids is 1. The number of amidine groups is 1. The molecule has 1 aliphatic rings. The van der Waals surface area contributed by atoms with E-state index in [1.807, 2.05) is 0 Å². The molecule has 1 aromatic carbocycles. The first-order valence-electron chi connectivity index (χ1n) is 4.49. The molecule has 0 aliphatic carbocycles. The van der Waals surface area contributed by atoms with Crippen molar-refractivity contribution in [1.29, 1.82) is 0 Å². The summed E-state index contributed by atoms with van der Waals surface area (Å²) in [5.41, 5.74) is -0.491. The van der Waals surface area contributed by atoms with Gasteiger partial charge < -0.3 is 5.32 Å². The van der Waals surface area contributed by atoms with E-state index in [1.54, 1.807) is 0 Å². The van der Waals surface area contributed by atoms with Crippen LogP contribution < -0.4 is 5.32 Å². The third-order valence-corrected chi connectivity index (χ3v) is 2.10. The van der Waals surface area contributed by atoms with E-state index >= 15 is 0 Å². The van der Waals surface area contributed by atoms with Gasteiger partial charge in [-0.05, 0) is 12.1 Å². The van der Waals surface area contributed by atoms with E-state index in [4.69, 9.17) is 0 Å². The number of aliphatic imine (C=N–C) groups is 1. The highest BCUT2D eigenvalue weighted by molar-refractivity contribution is 6.12. The van der Waals surface area contributed by atoms with Crippen molar-refractivity contribution in [2.24, 2.45) is 4.99 Å². The number of alkyl halides is 3. The van der Waals surface area contributed by atoms with Gasteiger partial charge in [-0.2, -0.15) is 13.2 Å². The largest absolute Gasteiger partial charge is 0.416 e. The molecular formula is C10H7F3N2O. The molecule has 0 unspecified atom stereocenters. The average molecular weight is 228 g/mol. The monoisotopic (exact) mass is 228 g/mol. The van der Waals surface area contributed by atoms with Gasteiger partial charge in [0.2, 0.25) is 5.91 Å². The molecule has 0 spiro atoms. The van der Waals surface area contributed by atoms with Crippen LogP contribution in [0, 0.1) is 0 Å². The third-order valence-electron chi connectivity index (χ3n) is 2.10. The molecular weight excluding hydrogens is 221 g/mol. The summed E-state index contributed by atoms with van der Waals surface area (Å²) in [5, 5.41) is 2.39. The maximum Gasteiger partial charge on any atom is 0.416 e. The Morgan fingerprint density at radius 2 is 2.06 bits per heavy atom. The number of nitrogens with zero attached hydrogens (tertiary/aromatic N) is 1. The van der Waals surface area contributed by atoms with Crippen molar-refractivity contribution in [3.8, 4) is 0 Å². The van der Waals surface area contributed by atoms with Crippen LogP contribution in [0.3, 0.4) is 0 Å². The fourth-order valence-electron chi connectivity index (χ4n) is 1.37. The number of carbonyl (C=O) groups is 1. The van der Waals surface area contributed by atoms with Gasteiger partial charge in [0.25, 0.3) is 0 Å². The Morgan fingerprint density at radius 1 is 1.31 bits per heavy atom. The first kappa shape index (κ1) is 10.7. The van der Waals surface area contributed by atoms with Crippen LogP contribution in [0.25, 0.3) is 0 Å². The molecule has 6 heteroatoms. The Morgan fingerprint density at radius 3 is 2.62 bits per heavy atom. The van der Waals surface area contributed by atoms with Crippen molar-refractivity contribution in [2.75, 3.05) is 6.54 Å². The number of hydrogen-bond donors (Lipinski definition) is 1. The van der Waals surface area contributed by atoms with Crippen LogP contribution in [0.5, 0.6) is 0 Å². The first-order valence-corrected chi connectivity index (χ1v) is 4.49. The second-order valence-electron chi connectivity index (χ2n) is 3.29. The topological polar surface area (TPSA) is 41.5 Å². The normalized spacial score (nSPS) is 15.9. The van der Waals surface area contributed by atoms with Gasteiger partial charge in [0.05, 0.1) is 5.56 Å². The smallest absolute Gasteiger partial charge is 0.309 e. The van der Waals surface area contributed by atoms with Crippen molar-refractivity contribution in [3.63, 3.8) is 0 Å². The predicted molar refractivity (Wildman–Crippen MR) is 51.0 cm³/mol. The maximum atomic E-state index is 12.4. The summed E-state index contributed by atoms with van der Waals surface area (Å²) in [6.45, 7) is -0.0361. The van der Waals surface area contributed by atoms with Gasteiger partial charge in [0.15, 0.2) is 0 Å². The van der Waals surface area contributed by atoms with Crippen LogP contribution in [-0.2, 0) is 11.0 Å². The summed E-state index contributed by atoms with van der Waals surface area (Å²) in [4.78, 5) is 14.7. The van der Waals surface area contributed by atoms with E-state index in [0.717, 1.165) is 12.1 Å². The van der Waals surface area contributed by atoms with Crippen LogP contribution in [0.4, 0.5) is 13.2 Å². The molecule has 2 rings (SSSR count). The summed E-state index contributed by atoms with van der Waals surface area (Å²) in [7, 11) is 0. The van der Waals surface area contributed by atoms with Gasteiger partial charge in [-0.1, -0.05) is 12.1 Å². The van der Waals surface area contributed by atoms with E-state index in [2.05, 4.69) is 10.3 Å². The van der Waals surface area contributed by atoms with Crippen molar-refractivity contribution < 1.29 is 18.0 Å². The highest BCUT2D eigenvalue weighted by Crippen LogP contribution is 2.29. The Hall–Kier alpha value is -1.85. The van der Waals surface area contributed by atoms with E-state index in [1.165, 1.54) is 12.1 Å². The SMILES string of the molecule is O=C1CN=C(c2cccc(C(F)(F)F)c2)N1. The number of rotatable bonds is 1. The van der Waals surface area contributed by atoms with Gasteiger partial charge in [0.1, 0.15) is 12.4 Å². The molecule has 1 aliphatic heterocycles. The molecule has 0 bridgehead atoms. The molecule has 0 saturated heterocycles. The number of benzene rings is 1. The molecule has 0 radical (unpaired) electrons. The molecule has 1 amide bonds. The standard InChI is InChI=1S/C10H7F3N2O/c11-10(12,13)7-3-1-2-6(4-7)9-14-5-8(16)15-9/h1-4H,5H2,(H,14,15,16). The van der Waals surface area contributed by atoms with Gasteiger partial charge in [-0.3, -0.25) is 9.79 Å². The van der Waals surface area contributed by atoms with Crippen LogP contribution >= 0.6 is 0 Å². The average Bonchev–Trinajstić information content (AvgIpc) is 2.64. The van der Waals surface area contributed by atoms with E-state index in [-0.39, 0.29) is 23.9 Å². The zero-order chi connectivity index (χ0) is 11.8. The summed E-state index contributed by atoms with van der Waals surface area (Å²) in [6.07, 6.45) is -4.39. The van der Waals surface area contributed by atoms with Gasteiger partial charge in [-0.15, -0.1) is 0 Å². The lowest BCUT2D eigenvalue weighted by molar-refractivity contribution is -0.137. The second-order valence-corrected chi connectivity index (χ2v) is 3.29. The van der Waals surface area contributed by atoms with Gasteiger partial charge >= 0.3 is 6.18 Å². The summed E-state index contributed by atoms with van der Waals surface area (Å²) < 4.78 is 37.2. The molecule has 3 nitrogen and oxygen atoms in total. The van der Waals surface area contributed by atoms with Gasteiger partial charge in [0, 0.05) is 5.56 Å². The Bertz CT molecular complexity index is 465. The number of nitrogens with one attached hydrogen (secondary N) is 1. The lowest BCUT2D eigenvalue weighted by atomic mass is 10.1. The summed E-state index contributed by atoms with van der Waals surface area (Å²) in [6, 6.07) is 4.69. The molecule has 0 saturated carbocycles. The number of halogens is 3. The summed E-state index contributed by atoms with van der Waals surface area (Å²) >= 11 is 0. The minimum Gasteiger partial charge on any atom is -0.309 e. The number of amides is 1. The highest BCUT2D eigenvalue weighted by atomic mass is 19.4. The van der Waals surface area contributed by atoms with Crippen LogP contribution in [0.15, 0.2) is 29.3 Å². The van der Waals surface area contributed by atoms with E-state index in [0.29, 0.717) is 0 Å². The Kier molecular flexibility index (Phi) is 2.41. The van der Waals surface area contributed by atoms with Crippen LogP contribution in [0.1, 0.15) is 11.1 Å².